The second-order valence-corrected chi connectivity index (χ2v) is 8.18. The van der Waals surface area contributed by atoms with Gasteiger partial charge >= 0.3 is 0 Å². The van der Waals surface area contributed by atoms with Crippen molar-refractivity contribution >= 4 is 50.2 Å². The maximum absolute atomic E-state index is 12.6. The van der Waals surface area contributed by atoms with Crippen LogP contribution in [-0.4, -0.2) is 22.0 Å². The summed E-state index contributed by atoms with van der Waals surface area (Å²) in [5.41, 5.74) is 1.77. The molecule has 1 aromatic carbocycles. The van der Waals surface area contributed by atoms with E-state index in [4.69, 9.17) is 0 Å². The summed E-state index contributed by atoms with van der Waals surface area (Å²) in [5.74, 6) is 0.0280. The quantitative estimate of drug-likeness (QED) is 0.273. The van der Waals surface area contributed by atoms with Gasteiger partial charge in [0.25, 0.3) is 0 Å². The summed E-state index contributed by atoms with van der Waals surface area (Å²) in [7, 11) is 0. The fraction of sp³-hybridized carbons (Fsp3) is 0.500. The van der Waals surface area contributed by atoms with Crippen LogP contribution in [0.5, 0.6) is 0 Å². The zero-order valence-electron chi connectivity index (χ0n) is 15.1. The third-order valence-corrected chi connectivity index (χ3v) is 5.96. The van der Waals surface area contributed by atoms with E-state index < -0.39 is 0 Å². The maximum Gasteiger partial charge on any atom is 0.238 e. The number of nitrogens with zero attached hydrogens (tertiary/aromatic N) is 1. The molecule has 0 aliphatic carbocycles. The predicted octanol–water partition coefficient (Wildman–Crippen LogP) is 6.41. The van der Waals surface area contributed by atoms with Crippen LogP contribution >= 0.6 is 27.7 Å². The van der Waals surface area contributed by atoms with Gasteiger partial charge in [0.05, 0.1) is 16.0 Å². The average Bonchev–Trinajstić information content (AvgIpc) is 2.64. The molecule has 0 bridgehead atoms. The van der Waals surface area contributed by atoms with Crippen LogP contribution in [-0.2, 0) is 4.79 Å². The van der Waals surface area contributed by atoms with Gasteiger partial charge in [-0.05, 0) is 36.9 Å². The number of benzene rings is 1. The highest BCUT2D eigenvalue weighted by Gasteiger charge is 2.17. The molecule has 0 saturated heterocycles. The number of anilines is 1. The smallest absolute Gasteiger partial charge is 0.238 e. The normalized spacial score (nSPS) is 12.3. The highest BCUT2D eigenvalue weighted by atomic mass is 79.9. The van der Waals surface area contributed by atoms with Crippen molar-refractivity contribution in [2.24, 2.45) is 0 Å². The number of hydrogen-bond acceptors (Lipinski definition) is 3. The van der Waals surface area contributed by atoms with E-state index in [0.29, 0.717) is 0 Å². The number of thioether (sulfide) groups is 1. The first-order chi connectivity index (χ1) is 12.2. The fourth-order valence-corrected chi connectivity index (χ4v) is 3.88. The molecule has 25 heavy (non-hydrogen) atoms. The molecule has 0 saturated carbocycles. The van der Waals surface area contributed by atoms with E-state index in [1.54, 1.807) is 18.0 Å². The van der Waals surface area contributed by atoms with Crippen molar-refractivity contribution in [3.8, 4) is 0 Å². The van der Waals surface area contributed by atoms with E-state index in [-0.39, 0.29) is 10.7 Å². The molecule has 1 aromatic heterocycles. The molecule has 0 radical (unpaired) electrons. The summed E-state index contributed by atoms with van der Waals surface area (Å²) < 4.78 is 0. The molecule has 1 N–H and O–H groups in total. The van der Waals surface area contributed by atoms with Crippen molar-refractivity contribution in [1.29, 1.82) is 0 Å². The van der Waals surface area contributed by atoms with Crippen LogP contribution in [0.4, 0.5) is 5.69 Å². The zero-order valence-corrected chi connectivity index (χ0v) is 17.5. The minimum atomic E-state index is -0.152. The third kappa shape index (κ3) is 6.00. The van der Waals surface area contributed by atoms with Crippen molar-refractivity contribution in [1.82, 2.24) is 4.98 Å². The Morgan fingerprint density at radius 1 is 1.20 bits per heavy atom. The van der Waals surface area contributed by atoms with Gasteiger partial charge in [-0.1, -0.05) is 61.4 Å². The Morgan fingerprint density at radius 3 is 2.72 bits per heavy atom. The summed E-state index contributed by atoms with van der Waals surface area (Å²) in [6, 6.07) is 7.93. The Balaban J connectivity index is 1.96. The Bertz CT molecular complexity index is 692. The monoisotopic (exact) mass is 422 g/mol. The molecule has 1 unspecified atom stereocenters. The molecule has 1 amide bonds. The maximum atomic E-state index is 12.6. The van der Waals surface area contributed by atoms with Crippen molar-refractivity contribution < 1.29 is 4.79 Å². The zero-order chi connectivity index (χ0) is 18.1. The van der Waals surface area contributed by atoms with E-state index >= 15 is 0 Å². The van der Waals surface area contributed by atoms with Crippen LogP contribution in [0, 0.1) is 0 Å². The van der Waals surface area contributed by atoms with Gasteiger partial charge in [-0.2, -0.15) is 0 Å². The van der Waals surface area contributed by atoms with Gasteiger partial charge < -0.3 is 5.32 Å². The summed E-state index contributed by atoms with van der Waals surface area (Å²) >= 11 is 5.19. The van der Waals surface area contributed by atoms with Crippen molar-refractivity contribution in [3.05, 3.63) is 30.5 Å². The van der Waals surface area contributed by atoms with Gasteiger partial charge in [-0.15, -0.1) is 11.8 Å². The van der Waals surface area contributed by atoms with Crippen LogP contribution in [0.3, 0.4) is 0 Å². The molecule has 0 spiro atoms. The van der Waals surface area contributed by atoms with Gasteiger partial charge in [0.1, 0.15) is 0 Å². The summed E-state index contributed by atoms with van der Waals surface area (Å²) in [6.45, 7) is 2.23. The number of alkyl halides is 1. The summed E-state index contributed by atoms with van der Waals surface area (Å²) in [4.78, 5) is 17.9. The molecule has 3 nitrogen and oxygen atoms in total. The fourth-order valence-electron chi connectivity index (χ4n) is 2.87. The Hall–Kier alpha value is -1.07. The number of fused-ring (bicyclic) bond motifs is 1. The van der Waals surface area contributed by atoms with Crippen molar-refractivity contribution in [3.63, 3.8) is 0 Å². The van der Waals surface area contributed by atoms with E-state index in [9.17, 15) is 4.79 Å². The van der Waals surface area contributed by atoms with Crippen LogP contribution in [0.15, 0.2) is 35.4 Å². The highest BCUT2D eigenvalue weighted by Crippen LogP contribution is 2.33. The molecule has 2 rings (SSSR count). The van der Waals surface area contributed by atoms with Crippen molar-refractivity contribution in [2.75, 3.05) is 11.6 Å². The average molecular weight is 423 g/mol. The largest absolute Gasteiger partial charge is 0.324 e. The lowest BCUT2D eigenvalue weighted by molar-refractivity contribution is -0.115. The lowest BCUT2D eigenvalue weighted by Crippen LogP contribution is -2.23. The standard InChI is InChI=1S/C20H27BrN2OS/c1-3-4-5-6-7-8-11-16(21)20(24)23-19-15-10-9-14-22-17(15)12-13-18(19)25-2/h9-10,12-14,16H,3-8,11H2,1-2H3,(H,23,24). The first-order valence-corrected chi connectivity index (χ1v) is 11.2. The topological polar surface area (TPSA) is 42.0 Å². The molecule has 2 aromatic rings. The minimum Gasteiger partial charge on any atom is -0.324 e. The van der Waals surface area contributed by atoms with Gasteiger partial charge in [0, 0.05) is 16.5 Å². The highest BCUT2D eigenvalue weighted by molar-refractivity contribution is 9.10. The lowest BCUT2D eigenvalue weighted by Gasteiger charge is -2.15. The van der Waals surface area contributed by atoms with E-state index in [1.807, 2.05) is 30.5 Å². The Kier molecular flexibility index (Phi) is 8.76. The number of halogens is 1. The van der Waals surface area contributed by atoms with Gasteiger partial charge in [0.2, 0.25) is 5.91 Å². The Morgan fingerprint density at radius 2 is 1.96 bits per heavy atom. The second-order valence-electron chi connectivity index (χ2n) is 6.23. The number of carbonyl (C=O) groups excluding carboxylic acids is 1. The van der Waals surface area contributed by atoms with Crippen LogP contribution in [0.2, 0.25) is 0 Å². The molecule has 136 valence electrons. The van der Waals surface area contributed by atoms with E-state index in [0.717, 1.165) is 34.3 Å². The first-order valence-electron chi connectivity index (χ1n) is 9.04. The number of amides is 1. The van der Waals surface area contributed by atoms with Crippen molar-refractivity contribution in [2.45, 2.75) is 61.6 Å². The number of nitrogens with one attached hydrogen (secondary N) is 1. The first kappa shape index (κ1) is 20.2. The molecule has 5 heteroatoms. The Labute approximate surface area is 163 Å². The van der Waals surface area contributed by atoms with Gasteiger partial charge in [0.15, 0.2) is 0 Å². The number of pyridine rings is 1. The number of rotatable bonds is 10. The van der Waals surface area contributed by atoms with Crippen LogP contribution in [0.1, 0.15) is 51.9 Å². The second kappa shape index (κ2) is 10.8. The van der Waals surface area contributed by atoms with Crippen LogP contribution in [0.25, 0.3) is 10.9 Å². The molecular weight excluding hydrogens is 396 g/mol. The van der Waals surface area contributed by atoms with E-state index in [1.165, 1.54) is 32.1 Å². The number of carbonyl (C=O) groups is 1. The minimum absolute atomic E-state index is 0.0280. The molecule has 0 aliphatic rings. The third-order valence-electron chi connectivity index (χ3n) is 4.31. The number of hydrogen-bond donors (Lipinski definition) is 1. The summed E-state index contributed by atoms with van der Waals surface area (Å²) in [6.07, 6.45) is 12.1. The lowest BCUT2D eigenvalue weighted by atomic mass is 10.1. The van der Waals surface area contributed by atoms with Gasteiger partial charge in [-0.3, -0.25) is 9.78 Å². The van der Waals surface area contributed by atoms with Crippen LogP contribution < -0.4 is 5.32 Å². The summed E-state index contributed by atoms with van der Waals surface area (Å²) in [5, 5.41) is 4.11. The molecule has 1 heterocycles. The number of unbranched alkanes of at least 4 members (excludes halogenated alkanes) is 5. The molecule has 0 fully saturated rings. The number of aromatic nitrogens is 1. The SMILES string of the molecule is CCCCCCCCC(Br)C(=O)Nc1c(SC)ccc2ncccc12. The van der Waals surface area contributed by atoms with Gasteiger partial charge in [-0.25, -0.2) is 0 Å². The van der Waals surface area contributed by atoms with E-state index in [2.05, 4.69) is 33.2 Å². The molecule has 0 aliphatic heterocycles. The molecular formula is C20H27BrN2OS. The predicted molar refractivity (Wildman–Crippen MR) is 113 cm³/mol. The molecule has 1 atom stereocenters.